The van der Waals surface area contributed by atoms with Gasteiger partial charge in [-0.05, 0) is 37.8 Å². The first-order chi connectivity index (χ1) is 13.9. The molecule has 0 saturated heterocycles. The Hall–Kier alpha value is -2.15. The summed E-state index contributed by atoms with van der Waals surface area (Å²) in [5.74, 6) is -0.0438. The SMILES string of the molecule is CC1=C(CCc2ncc(C(F)(F)F)cc2F)C=CC(c2[nH]c(C(C)(C)C)nc2Cl)C1. The average Bonchev–Trinajstić information content (AvgIpc) is 3.03. The minimum Gasteiger partial charge on any atom is -0.344 e. The Labute approximate surface area is 178 Å². The zero-order valence-electron chi connectivity index (χ0n) is 17.3. The van der Waals surface area contributed by atoms with Crippen LogP contribution in [0.2, 0.25) is 5.15 Å². The maximum Gasteiger partial charge on any atom is 0.417 e. The van der Waals surface area contributed by atoms with Gasteiger partial charge in [-0.1, -0.05) is 50.1 Å². The van der Waals surface area contributed by atoms with Crippen LogP contribution >= 0.6 is 11.6 Å². The van der Waals surface area contributed by atoms with E-state index in [9.17, 15) is 17.6 Å². The third-order valence-electron chi connectivity index (χ3n) is 5.25. The van der Waals surface area contributed by atoms with Crippen LogP contribution < -0.4 is 0 Å². The van der Waals surface area contributed by atoms with Crippen LogP contribution in [0.15, 0.2) is 35.6 Å². The van der Waals surface area contributed by atoms with Gasteiger partial charge in [0.15, 0.2) is 5.15 Å². The van der Waals surface area contributed by atoms with E-state index in [1.165, 1.54) is 0 Å². The molecule has 2 aromatic heterocycles. The lowest BCUT2D eigenvalue weighted by Crippen LogP contribution is -2.13. The normalized spacial score (nSPS) is 17.7. The van der Waals surface area contributed by atoms with Gasteiger partial charge in [0.1, 0.15) is 11.6 Å². The number of H-pyrrole nitrogens is 1. The van der Waals surface area contributed by atoms with Gasteiger partial charge in [0.2, 0.25) is 0 Å². The van der Waals surface area contributed by atoms with E-state index in [-0.39, 0.29) is 23.4 Å². The van der Waals surface area contributed by atoms with Crippen molar-refractivity contribution in [3.05, 3.63) is 69.3 Å². The van der Waals surface area contributed by atoms with Crippen LogP contribution in [0.25, 0.3) is 0 Å². The second-order valence-electron chi connectivity index (χ2n) is 8.67. The second-order valence-corrected chi connectivity index (χ2v) is 9.02. The summed E-state index contributed by atoms with van der Waals surface area (Å²) in [6.07, 6.45) is 1.54. The zero-order chi connectivity index (χ0) is 22.3. The van der Waals surface area contributed by atoms with Crippen molar-refractivity contribution in [2.24, 2.45) is 0 Å². The minimum absolute atomic E-state index is 0.0326. The molecule has 1 aliphatic carbocycles. The number of halogens is 5. The fourth-order valence-electron chi connectivity index (χ4n) is 3.42. The first-order valence-electron chi connectivity index (χ1n) is 9.70. The fourth-order valence-corrected chi connectivity index (χ4v) is 3.70. The standard InChI is InChI=1S/C22H24ClF4N3/c1-12-9-14(18-19(23)30-20(29-18)21(2,3)4)6-5-13(12)7-8-17-16(24)10-15(11-28-17)22(25,26)27/h5-6,10-11,14H,7-9H2,1-4H3,(H,29,30). The summed E-state index contributed by atoms with van der Waals surface area (Å²) in [4.78, 5) is 11.5. The Balaban J connectivity index is 1.69. The third-order valence-corrected chi connectivity index (χ3v) is 5.53. The first-order valence-corrected chi connectivity index (χ1v) is 10.1. The molecule has 2 heterocycles. The van der Waals surface area contributed by atoms with Crippen LogP contribution in [0.3, 0.4) is 0 Å². The highest BCUT2D eigenvalue weighted by molar-refractivity contribution is 6.30. The number of aromatic amines is 1. The molecule has 2 aromatic rings. The molecule has 0 radical (unpaired) electrons. The van der Waals surface area contributed by atoms with Crippen LogP contribution in [0.1, 0.15) is 69.2 Å². The van der Waals surface area contributed by atoms with Gasteiger partial charge in [0.25, 0.3) is 0 Å². The predicted octanol–water partition coefficient (Wildman–Crippen LogP) is 6.91. The van der Waals surface area contributed by atoms with E-state index in [1.54, 1.807) is 0 Å². The molecule has 0 fully saturated rings. The number of aromatic nitrogens is 3. The molecule has 1 atom stereocenters. The van der Waals surface area contributed by atoms with E-state index in [0.29, 0.717) is 23.8 Å². The highest BCUT2D eigenvalue weighted by atomic mass is 35.5. The topological polar surface area (TPSA) is 41.6 Å². The fraction of sp³-hybridized carbons (Fsp3) is 0.455. The monoisotopic (exact) mass is 441 g/mol. The van der Waals surface area contributed by atoms with Gasteiger partial charge in [-0.3, -0.25) is 4.98 Å². The Morgan fingerprint density at radius 1 is 1.20 bits per heavy atom. The van der Waals surface area contributed by atoms with Crippen molar-refractivity contribution in [2.45, 2.75) is 64.5 Å². The number of nitrogens with one attached hydrogen (secondary N) is 1. The smallest absolute Gasteiger partial charge is 0.344 e. The first kappa shape index (κ1) is 22.5. The van der Waals surface area contributed by atoms with Crippen molar-refractivity contribution in [1.82, 2.24) is 15.0 Å². The largest absolute Gasteiger partial charge is 0.417 e. The van der Waals surface area contributed by atoms with Crippen molar-refractivity contribution in [3.8, 4) is 0 Å². The number of rotatable bonds is 4. The van der Waals surface area contributed by atoms with Crippen molar-refractivity contribution >= 4 is 11.6 Å². The third kappa shape index (κ3) is 4.94. The molecule has 0 amide bonds. The molecule has 1 unspecified atom stereocenters. The number of nitrogens with zero attached hydrogens (tertiary/aromatic N) is 2. The molecular formula is C22H24ClF4N3. The van der Waals surface area contributed by atoms with Crippen LogP contribution in [0.4, 0.5) is 17.6 Å². The number of pyridine rings is 1. The molecular weight excluding hydrogens is 418 g/mol. The summed E-state index contributed by atoms with van der Waals surface area (Å²) in [5, 5.41) is 0.460. The number of aryl methyl sites for hydroxylation is 1. The lowest BCUT2D eigenvalue weighted by Gasteiger charge is -2.20. The summed E-state index contributed by atoms with van der Waals surface area (Å²) in [6, 6.07) is 0.503. The molecule has 0 bridgehead atoms. The van der Waals surface area contributed by atoms with Crippen LogP contribution in [-0.4, -0.2) is 15.0 Å². The van der Waals surface area contributed by atoms with E-state index >= 15 is 0 Å². The Morgan fingerprint density at radius 2 is 1.90 bits per heavy atom. The van der Waals surface area contributed by atoms with Crippen molar-refractivity contribution in [1.29, 1.82) is 0 Å². The Morgan fingerprint density at radius 3 is 2.43 bits per heavy atom. The van der Waals surface area contributed by atoms with Crippen molar-refractivity contribution in [3.63, 3.8) is 0 Å². The van der Waals surface area contributed by atoms with E-state index in [1.807, 2.05) is 19.1 Å². The summed E-state index contributed by atoms with van der Waals surface area (Å²) in [5.41, 5.74) is 1.83. The van der Waals surface area contributed by atoms with Crippen molar-refractivity contribution < 1.29 is 17.6 Å². The van der Waals surface area contributed by atoms with Gasteiger partial charge in [-0.25, -0.2) is 9.37 Å². The van der Waals surface area contributed by atoms with Crippen LogP contribution in [0, 0.1) is 5.82 Å². The molecule has 1 N–H and O–H groups in total. The summed E-state index contributed by atoms with van der Waals surface area (Å²) < 4.78 is 52.0. The van der Waals surface area contributed by atoms with E-state index < -0.39 is 17.6 Å². The highest BCUT2D eigenvalue weighted by Gasteiger charge is 2.32. The van der Waals surface area contributed by atoms with Crippen molar-refractivity contribution in [2.75, 3.05) is 0 Å². The average molecular weight is 442 g/mol. The quantitative estimate of drug-likeness (QED) is 0.524. The minimum atomic E-state index is -4.60. The van der Waals surface area contributed by atoms with Gasteiger partial charge in [0, 0.05) is 17.5 Å². The van der Waals surface area contributed by atoms with Crippen LogP contribution in [0.5, 0.6) is 0 Å². The molecule has 30 heavy (non-hydrogen) atoms. The maximum atomic E-state index is 14.0. The number of hydrogen-bond acceptors (Lipinski definition) is 2. The lowest BCUT2D eigenvalue weighted by atomic mass is 9.87. The molecule has 162 valence electrons. The predicted molar refractivity (Wildman–Crippen MR) is 109 cm³/mol. The molecule has 0 aliphatic heterocycles. The number of alkyl halides is 3. The summed E-state index contributed by atoms with van der Waals surface area (Å²) in [6.45, 7) is 8.16. The number of imidazole rings is 1. The van der Waals surface area contributed by atoms with Gasteiger partial charge in [-0.2, -0.15) is 13.2 Å². The lowest BCUT2D eigenvalue weighted by molar-refractivity contribution is -0.138. The van der Waals surface area contributed by atoms with E-state index in [4.69, 9.17) is 11.6 Å². The van der Waals surface area contributed by atoms with Gasteiger partial charge < -0.3 is 4.98 Å². The molecule has 1 aliphatic rings. The highest BCUT2D eigenvalue weighted by Crippen LogP contribution is 2.36. The molecule has 0 saturated carbocycles. The van der Waals surface area contributed by atoms with Gasteiger partial charge >= 0.3 is 6.18 Å². The molecule has 0 spiro atoms. The maximum absolute atomic E-state index is 14.0. The Kier molecular flexibility index (Phi) is 6.14. The zero-order valence-corrected chi connectivity index (χ0v) is 18.0. The van der Waals surface area contributed by atoms with Crippen LogP contribution in [-0.2, 0) is 18.0 Å². The van der Waals surface area contributed by atoms with E-state index in [2.05, 4.69) is 35.7 Å². The number of hydrogen-bond donors (Lipinski definition) is 1. The van der Waals surface area contributed by atoms with Gasteiger partial charge in [-0.15, -0.1) is 0 Å². The molecule has 3 nitrogen and oxygen atoms in total. The number of allylic oxidation sites excluding steroid dienone is 4. The molecule has 8 heteroatoms. The summed E-state index contributed by atoms with van der Waals surface area (Å²) >= 11 is 6.35. The molecule has 3 rings (SSSR count). The Bertz CT molecular complexity index is 997. The van der Waals surface area contributed by atoms with Gasteiger partial charge in [0.05, 0.1) is 17.0 Å². The second kappa shape index (κ2) is 8.17. The van der Waals surface area contributed by atoms with E-state index in [0.717, 1.165) is 29.1 Å². The summed E-state index contributed by atoms with van der Waals surface area (Å²) in [7, 11) is 0. The molecule has 0 aromatic carbocycles.